The van der Waals surface area contributed by atoms with Crippen molar-refractivity contribution in [3.63, 3.8) is 0 Å². The zero-order valence-electron chi connectivity index (χ0n) is 18.9. The lowest BCUT2D eigenvalue weighted by atomic mass is 9.81. The Morgan fingerprint density at radius 2 is 1.84 bits per heavy atom. The van der Waals surface area contributed by atoms with Crippen molar-refractivity contribution in [1.82, 2.24) is 9.97 Å². The van der Waals surface area contributed by atoms with Crippen LogP contribution in [0.1, 0.15) is 11.1 Å². The first-order valence-corrected chi connectivity index (χ1v) is 11.0. The Balaban J connectivity index is 1.37. The van der Waals surface area contributed by atoms with Crippen LogP contribution in [0.5, 0.6) is 11.5 Å². The Morgan fingerprint density at radius 3 is 2.46 bits per heavy atom. The summed E-state index contributed by atoms with van der Waals surface area (Å²) >= 11 is 0. The Labute approximate surface area is 206 Å². The molecule has 0 amide bonds. The van der Waals surface area contributed by atoms with Gasteiger partial charge in [0, 0.05) is 30.2 Å². The largest absolute Gasteiger partial charge is 0.464 e. The Hall–Kier alpha value is -4.19. The Morgan fingerprint density at radius 1 is 1.11 bits per heavy atom. The molecule has 5 rings (SSSR count). The molecule has 2 aromatic heterocycles. The molecule has 3 N–H and O–H groups in total. The summed E-state index contributed by atoms with van der Waals surface area (Å²) in [4.78, 5) is 10.4. The monoisotopic (exact) mass is 518 g/mol. The van der Waals surface area contributed by atoms with Crippen LogP contribution in [-0.2, 0) is 16.3 Å². The first kappa shape index (κ1) is 24.5. The highest BCUT2D eigenvalue weighted by molar-refractivity contribution is 5.90. The molecule has 0 saturated heterocycles. The van der Waals surface area contributed by atoms with Crippen molar-refractivity contribution in [1.29, 1.82) is 0 Å². The highest BCUT2D eigenvalue weighted by atomic mass is 19.4. The van der Waals surface area contributed by atoms with Crippen molar-refractivity contribution >= 4 is 22.7 Å². The summed E-state index contributed by atoms with van der Waals surface area (Å²) in [5, 5.41) is 12.2. The molecule has 7 nitrogen and oxygen atoms in total. The SMILES string of the molecule is OCC1(c2ccccc2)CN=C(Nc2cc(F)c(Oc3ccnc4[nH]cc(C(F)(F)F)c34)c(F)c2)OC1. The van der Waals surface area contributed by atoms with Crippen molar-refractivity contribution in [2.24, 2.45) is 4.99 Å². The van der Waals surface area contributed by atoms with E-state index in [-0.39, 0.29) is 37.1 Å². The minimum atomic E-state index is -4.74. The number of benzene rings is 2. The Bertz CT molecular complexity index is 1450. The molecular weight excluding hydrogens is 499 g/mol. The number of H-pyrrole nitrogens is 1. The summed E-state index contributed by atoms with van der Waals surface area (Å²) in [6.07, 6.45) is -2.88. The molecule has 37 heavy (non-hydrogen) atoms. The molecule has 3 heterocycles. The van der Waals surface area contributed by atoms with Gasteiger partial charge in [0.15, 0.2) is 17.4 Å². The van der Waals surface area contributed by atoms with Crippen molar-refractivity contribution in [2.45, 2.75) is 11.6 Å². The number of pyridine rings is 1. The standard InChI is InChI=1S/C25H19F5N4O3/c26-17-8-15(34-23-33-11-24(12-35,13-36-23)14-4-2-1-3-5-14)9-18(27)21(17)37-19-6-7-31-22-20(19)16(10-32-22)25(28,29)30/h1-10,35H,11-13H2,(H,31,32)(H,33,34). The van der Waals surface area contributed by atoms with Gasteiger partial charge in [0.05, 0.1) is 29.5 Å². The minimum Gasteiger partial charge on any atom is -0.464 e. The zero-order chi connectivity index (χ0) is 26.2. The second kappa shape index (κ2) is 9.36. The number of hydrogen-bond acceptors (Lipinski definition) is 6. The number of anilines is 1. The quantitative estimate of drug-likeness (QED) is 0.309. The number of alkyl halides is 3. The lowest BCUT2D eigenvalue weighted by molar-refractivity contribution is -0.136. The van der Waals surface area contributed by atoms with Crippen LogP contribution in [0.3, 0.4) is 0 Å². The van der Waals surface area contributed by atoms with Crippen LogP contribution in [0.4, 0.5) is 27.6 Å². The number of halogens is 5. The summed E-state index contributed by atoms with van der Waals surface area (Å²) in [5.74, 6) is -3.63. The molecule has 192 valence electrons. The predicted octanol–water partition coefficient (Wildman–Crippen LogP) is 5.38. The topological polar surface area (TPSA) is 91.8 Å². The van der Waals surface area contributed by atoms with Gasteiger partial charge in [0.25, 0.3) is 6.02 Å². The third-order valence-electron chi connectivity index (χ3n) is 6.00. The predicted molar refractivity (Wildman–Crippen MR) is 125 cm³/mol. The van der Waals surface area contributed by atoms with E-state index in [9.17, 15) is 27.1 Å². The lowest BCUT2D eigenvalue weighted by Gasteiger charge is -2.34. The maximum absolute atomic E-state index is 14.8. The number of nitrogens with zero attached hydrogens (tertiary/aromatic N) is 2. The van der Waals surface area contributed by atoms with E-state index in [4.69, 9.17) is 9.47 Å². The fraction of sp³-hybridized carbons (Fsp3) is 0.200. The number of aliphatic hydroxyl groups is 1. The third kappa shape index (κ3) is 4.67. The van der Waals surface area contributed by atoms with E-state index in [1.165, 1.54) is 0 Å². The second-order valence-corrected chi connectivity index (χ2v) is 8.44. The van der Waals surface area contributed by atoms with E-state index in [2.05, 4.69) is 20.3 Å². The van der Waals surface area contributed by atoms with Crippen LogP contribution < -0.4 is 10.1 Å². The number of hydrogen-bond donors (Lipinski definition) is 3. The maximum Gasteiger partial charge on any atom is 0.418 e. The first-order valence-electron chi connectivity index (χ1n) is 11.0. The van der Waals surface area contributed by atoms with Gasteiger partial charge in [-0.25, -0.2) is 18.8 Å². The van der Waals surface area contributed by atoms with Crippen molar-refractivity contribution < 1.29 is 36.5 Å². The van der Waals surface area contributed by atoms with Gasteiger partial charge in [0.1, 0.15) is 18.0 Å². The molecular formula is C25H19F5N4O3. The number of aromatic nitrogens is 2. The van der Waals surface area contributed by atoms with E-state index < -0.39 is 45.7 Å². The molecule has 0 bridgehead atoms. The number of fused-ring (bicyclic) bond motifs is 1. The second-order valence-electron chi connectivity index (χ2n) is 8.44. The highest BCUT2D eigenvalue weighted by Gasteiger charge is 2.37. The Kier molecular flexibility index (Phi) is 6.20. The molecule has 12 heteroatoms. The average Bonchev–Trinajstić information content (AvgIpc) is 3.33. The van der Waals surface area contributed by atoms with Crippen LogP contribution in [0, 0.1) is 11.6 Å². The van der Waals surface area contributed by atoms with E-state index >= 15 is 0 Å². The summed E-state index contributed by atoms with van der Waals surface area (Å²) in [5.41, 5.74) is -1.21. The molecule has 0 radical (unpaired) electrons. The number of amidine groups is 1. The molecule has 0 spiro atoms. The number of aliphatic hydroxyl groups excluding tert-OH is 1. The average molecular weight is 518 g/mol. The molecule has 0 fully saturated rings. The summed E-state index contributed by atoms with van der Waals surface area (Å²) in [7, 11) is 0. The molecule has 1 unspecified atom stereocenters. The van der Waals surface area contributed by atoms with Crippen LogP contribution >= 0.6 is 0 Å². The molecule has 1 aliphatic heterocycles. The fourth-order valence-electron chi connectivity index (χ4n) is 4.05. The molecule has 2 aromatic carbocycles. The van der Waals surface area contributed by atoms with Gasteiger partial charge in [-0.15, -0.1) is 0 Å². The molecule has 1 aliphatic rings. The number of rotatable bonds is 5. The van der Waals surface area contributed by atoms with Crippen LogP contribution in [0.15, 0.2) is 65.9 Å². The van der Waals surface area contributed by atoms with E-state index in [1.54, 1.807) is 0 Å². The summed E-state index contributed by atoms with van der Waals surface area (Å²) in [6, 6.07) is 12.1. The van der Waals surface area contributed by atoms with E-state index in [0.717, 1.165) is 30.0 Å². The number of aromatic amines is 1. The summed E-state index contributed by atoms with van der Waals surface area (Å²) < 4.78 is 80.7. The van der Waals surface area contributed by atoms with E-state index in [1.807, 2.05) is 30.3 Å². The number of ether oxygens (including phenoxy) is 2. The summed E-state index contributed by atoms with van der Waals surface area (Å²) in [6.45, 7) is 0.0164. The van der Waals surface area contributed by atoms with Gasteiger partial charge in [0.2, 0.25) is 0 Å². The fourth-order valence-corrected chi connectivity index (χ4v) is 4.05. The highest BCUT2D eigenvalue weighted by Crippen LogP contribution is 2.41. The first-order chi connectivity index (χ1) is 17.7. The van der Waals surface area contributed by atoms with Crippen LogP contribution in [0.2, 0.25) is 0 Å². The van der Waals surface area contributed by atoms with Gasteiger partial charge in [-0.1, -0.05) is 30.3 Å². The van der Waals surface area contributed by atoms with Gasteiger partial charge < -0.3 is 24.9 Å². The zero-order valence-corrected chi connectivity index (χ0v) is 18.9. The molecule has 0 saturated carbocycles. The minimum absolute atomic E-state index is 0.00883. The molecule has 1 atom stereocenters. The lowest BCUT2D eigenvalue weighted by Crippen LogP contribution is -2.44. The van der Waals surface area contributed by atoms with Crippen molar-refractivity contribution in [3.05, 3.63) is 83.7 Å². The van der Waals surface area contributed by atoms with Gasteiger partial charge >= 0.3 is 6.18 Å². The molecule has 4 aromatic rings. The third-order valence-corrected chi connectivity index (χ3v) is 6.00. The number of aliphatic imine (C=N–C) groups is 1. The van der Waals surface area contributed by atoms with Gasteiger partial charge in [-0.2, -0.15) is 13.2 Å². The smallest absolute Gasteiger partial charge is 0.418 e. The normalized spacial score (nSPS) is 17.8. The van der Waals surface area contributed by atoms with Gasteiger partial charge in [-0.05, 0) is 11.6 Å². The molecule has 0 aliphatic carbocycles. The maximum atomic E-state index is 14.8. The number of nitrogens with one attached hydrogen (secondary N) is 2. The van der Waals surface area contributed by atoms with Crippen molar-refractivity contribution in [3.8, 4) is 11.5 Å². The van der Waals surface area contributed by atoms with Gasteiger partial charge in [-0.3, -0.25) is 0 Å². The van der Waals surface area contributed by atoms with E-state index in [0.29, 0.717) is 6.20 Å². The van der Waals surface area contributed by atoms with Crippen LogP contribution in [-0.4, -0.2) is 40.9 Å². The van der Waals surface area contributed by atoms with Crippen LogP contribution in [0.25, 0.3) is 11.0 Å². The van der Waals surface area contributed by atoms with Crippen molar-refractivity contribution in [2.75, 3.05) is 25.1 Å².